The van der Waals surface area contributed by atoms with Crippen LogP contribution in [0, 0.1) is 24.5 Å². The number of piperazine rings is 1. The van der Waals surface area contributed by atoms with E-state index in [0.717, 1.165) is 62.0 Å². The number of fused-ring (bicyclic) bond motifs is 1. The number of aromatic amines is 1. The van der Waals surface area contributed by atoms with Crippen molar-refractivity contribution in [2.24, 2.45) is 13.0 Å². The molecule has 12 nitrogen and oxygen atoms in total. The number of H-pyrrole nitrogens is 1. The number of benzene rings is 2. The molecule has 3 aliphatic heterocycles. The number of carbonyl (C=O) groups is 2. The second-order valence-electron chi connectivity index (χ2n) is 14.7. The van der Waals surface area contributed by atoms with E-state index in [-0.39, 0.29) is 30.0 Å². The highest BCUT2D eigenvalue weighted by Gasteiger charge is 2.33. The Labute approximate surface area is 316 Å². The predicted molar refractivity (Wildman–Crippen MR) is 202 cm³/mol. The van der Waals surface area contributed by atoms with Crippen LogP contribution in [-0.4, -0.2) is 86.8 Å². The van der Waals surface area contributed by atoms with Gasteiger partial charge in [-0.05, 0) is 69.4 Å². The Morgan fingerprint density at radius 3 is 2.48 bits per heavy atom. The molecule has 2 atom stereocenters. The van der Waals surface area contributed by atoms with Crippen molar-refractivity contribution in [1.82, 2.24) is 34.9 Å². The Kier molecular flexibility index (Phi) is 9.73. The summed E-state index contributed by atoms with van der Waals surface area (Å²) in [5.74, 6) is -0.780. The van der Waals surface area contributed by atoms with Gasteiger partial charge in [0, 0.05) is 82.3 Å². The maximum atomic E-state index is 15.3. The molecule has 15 heteroatoms. The van der Waals surface area contributed by atoms with E-state index >= 15 is 8.78 Å². The average molecular weight is 758 g/mol. The molecule has 0 saturated carbocycles. The van der Waals surface area contributed by atoms with Gasteiger partial charge in [-0.1, -0.05) is 11.6 Å². The van der Waals surface area contributed by atoms with Gasteiger partial charge in [0.25, 0.3) is 0 Å². The van der Waals surface area contributed by atoms with Crippen molar-refractivity contribution in [3.8, 4) is 22.9 Å². The van der Waals surface area contributed by atoms with Crippen molar-refractivity contribution in [3.05, 3.63) is 76.7 Å². The number of carbonyl (C=O) groups excluding carboxylic acids is 2. The lowest BCUT2D eigenvalue weighted by molar-refractivity contribution is -0.134. The van der Waals surface area contributed by atoms with Crippen LogP contribution in [0.4, 0.5) is 20.2 Å². The lowest BCUT2D eigenvalue weighted by Gasteiger charge is -2.43. The van der Waals surface area contributed by atoms with Gasteiger partial charge < -0.3 is 19.5 Å². The number of hydrogen-bond donors (Lipinski definition) is 2. The summed E-state index contributed by atoms with van der Waals surface area (Å²) in [7, 11) is 1.87. The fourth-order valence-corrected chi connectivity index (χ4v) is 8.24. The number of anilines is 2. The van der Waals surface area contributed by atoms with Gasteiger partial charge in [0.05, 0.1) is 29.1 Å². The van der Waals surface area contributed by atoms with E-state index in [1.54, 1.807) is 10.9 Å². The number of piperidine rings is 2. The van der Waals surface area contributed by atoms with E-state index in [4.69, 9.17) is 16.3 Å². The molecule has 0 bridgehead atoms. The van der Waals surface area contributed by atoms with Crippen LogP contribution < -0.4 is 19.9 Å². The summed E-state index contributed by atoms with van der Waals surface area (Å²) in [5.41, 5.74) is 4.19. The Balaban J connectivity index is 0.850. The lowest BCUT2D eigenvalue weighted by Crippen LogP contribution is -2.53. The number of nitrogens with one attached hydrogen (secondary N) is 2. The summed E-state index contributed by atoms with van der Waals surface area (Å²) in [5, 5.41) is 7.02. The Morgan fingerprint density at radius 2 is 1.78 bits per heavy atom. The van der Waals surface area contributed by atoms with Gasteiger partial charge in [0.1, 0.15) is 33.7 Å². The number of nitrogens with zero attached hydrogens (tertiary/aromatic N) is 7. The van der Waals surface area contributed by atoms with Gasteiger partial charge in [-0.15, -0.1) is 0 Å². The standard InChI is InChI=1S/C39H42ClF2N9O3/c1-22-19-51(25-4-6-26(7-5-25)54-36-30(40)18-43-38-35(36)45-37(46-38)29-21-48(3)47-23(29)2)15-14-50(22)20-24-10-12-49(13-11-24)33-17-31(41)28(16-32(33)42)27-8-9-34(52)44-39(27)53/h4-7,16-18,21-22,24,27H,8-15,19-20H2,1-3H3,(H,43,45,46)(H,44,52,53)/t22-,27-/m1/s1. The van der Waals surface area contributed by atoms with E-state index in [1.165, 1.54) is 6.07 Å². The second kappa shape index (κ2) is 14.6. The molecule has 2 aromatic carbocycles. The SMILES string of the molecule is Cc1nn(C)cc1-c1nc2ncc(Cl)c(Oc3ccc(N4CCN(CC5CCN(c6cc(F)c([C@H]7CCC(=O)NC7=O)cc6F)CC5)[C@H](C)C4)cc3)c2[nH]1. The molecule has 2 amide bonds. The number of halogens is 3. The minimum absolute atomic E-state index is 0.00509. The van der Waals surface area contributed by atoms with E-state index in [0.29, 0.717) is 58.6 Å². The van der Waals surface area contributed by atoms with E-state index < -0.39 is 23.5 Å². The first-order chi connectivity index (χ1) is 26.0. The van der Waals surface area contributed by atoms with Crippen LogP contribution in [0.5, 0.6) is 11.5 Å². The normalized spacial score (nSPS) is 20.2. The van der Waals surface area contributed by atoms with Crippen molar-refractivity contribution >= 4 is 46.0 Å². The molecule has 8 rings (SSSR count). The molecular weight excluding hydrogens is 716 g/mol. The second-order valence-corrected chi connectivity index (χ2v) is 15.1. The van der Waals surface area contributed by atoms with Crippen LogP contribution >= 0.6 is 11.6 Å². The first-order valence-electron chi connectivity index (χ1n) is 18.4. The number of hydrogen-bond acceptors (Lipinski definition) is 9. The quantitative estimate of drug-likeness (QED) is 0.175. The number of pyridine rings is 1. The van der Waals surface area contributed by atoms with Crippen molar-refractivity contribution in [2.75, 3.05) is 49.1 Å². The van der Waals surface area contributed by atoms with Gasteiger partial charge in [-0.3, -0.25) is 24.5 Å². The van der Waals surface area contributed by atoms with Gasteiger partial charge in [-0.25, -0.2) is 18.7 Å². The van der Waals surface area contributed by atoms with Gasteiger partial charge >= 0.3 is 0 Å². The third kappa shape index (κ3) is 7.12. The van der Waals surface area contributed by atoms with E-state index in [2.05, 4.69) is 54.2 Å². The molecule has 3 saturated heterocycles. The predicted octanol–water partition coefficient (Wildman–Crippen LogP) is 6.34. The molecule has 0 unspecified atom stereocenters. The zero-order valence-electron chi connectivity index (χ0n) is 30.4. The van der Waals surface area contributed by atoms with Crippen molar-refractivity contribution < 1.29 is 23.1 Å². The van der Waals surface area contributed by atoms with Gasteiger partial charge in [0.15, 0.2) is 11.4 Å². The molecule has 54 heavy (non-hydrogen) atoms. The van der Waals surface area contributed by atoms with Gasteiger partial charge in [0.2, 0.25) is 11.8 Å². The zero-order chi connectivity index (χ0) is 37.7. The molecule has 3 aliphatic rings. The molecule has 0 radical (unpaired) electrons. The Bertz CT molecular complexity index is 2220. The zero-order valence-corrected chi connectivity index (χ0v) is 31.2. The number of amides is 2. The number of imide groups is 1. The summed E-state index contributed by atoms with van der Waals surface area (Å²) in [6.45, 7) is 9.08. The third-order valence-electron chi connectivity index (χ3n) is 11.0. The molecular formula is C39H42ClF2N9O3. The summed E-state index contributed by atoms with van der Waals surface area (Å²) in [6.07, 6.45) is 5.49. The topological polar surface area (TPSA) is 125 Å². The van der Waals surface area contributed by atoms with Crippen molar-refractivity contribution in [3.63, 3.8) is 0 Å². The van der Waals surface area contributed by atoms with Gasteiger partial charge in [-0.2, -0.15) is 5.10 Å². The fourth-order valence-electron chi connectivity index (χ4n) is 8.05. The monoisotopic (exact) mass is 757 g/mol. The van der Waals surface area contributed by atoms with E-state index in [9.17, 15) is 9.59 Å². The lowest BCUT2D eigenvalue weighted by atomic mass is 9.89. The fraction of sp³-hybridized carbons (Fsp3) is 0.410. The highest BCUT2D eigenvalue weighted by molar-refractivity contribution is 6.32. The maximum absolute atomic E-state index is 15.3. The Morgan fingerprint density at radius 1 is 1.00 bits per heavy atom. The number of imidazole rings is 1. The van der Waals surface area contributed by atoms with Crippen LogP contribution in [0.2, 0.25) is 5.02 Å². The summed E-state index contributed by atoms with van der Waals surface area (Å²) in [4.78, 5) is 43.0. The molecule has 6 heterocycles. The Hall–Kier alpha value is -5.08. The summed E-state index contributed by atoms with van der Waals surface area (Å²) in [6, 6.07) is 10.7. The highest BCUT2D eigenvalue weighted by atomic mass is 35.5. The molecule has 0 aliphatic carbocycles. The summed E-state index contributed by atoms with van der Waals surface area (Å²) < 4.78 is 38.5. The number of aryl methyl sites for hydroxylation is 2. The molecule has 5 aromatic rings. The summed E-state index contributed by atoms with van der Waals surface area (Å²) >= 11 is 6.57. The minimum Gasteiger partial charge on any atom is -0.453 e. The largest absolute Gasteiger partial charge is 0.453 e. The van der Waals surface area contributed by atoms with Crippen molar-refractivity contribution in [2.45, 2.75) is 51.5 Å². The molecule has 3 aromatic heterocycles. The first-order valence-corrected chi connectivity index (χ1v) is 18.8. The average Bonchev–Trinajstić information content (AvgIpc) is 3.74. The smallest absolute Gasteiger partial charge is 0.234 e. The first kappa shape index (κ1) is 35.9. The molecule has 0 spiro atoms. The number of ether oxygens (including phenoxy) is 1. The third-order valence-corrected chi connectivity index (χ3v) is 11.3. The van der Waals surface area contributed by atoms with Crippen LogP contribution in [0.3, 0.4) is 0 Å². The van der Waals surface area contributed by atoms with Crippen LogP contribution in [0.25, 0.3) is 22.6 Å². The number of rotatable bonds is 8. The molecule has 2 N–H and O–H groups in total. The maximum Gasteiger partial charge on any atom is 0.234 e. The number of aromatic nitrogens is 5. The van der Waals surface area contributed by atoms with Crippen LogP contribution in [0.1, 0.15) is 49.8 Å². The van der Waals surface area contributed by atoms with Crippen LogP contribution in [-0.2, 0) is 16.6 Å². The van der Waals surface area contributed by atoms with Crippen molar-refractivity contribution in [1.29, 1.82) is 0 Å². The molecule has 282 valence electrons. The van der Waals surface area contributed by atoms with Crippen LogP contribution in [0.15, 0.2) is 48.8 Å². The molecule has 3 fully saturated rings. The van der Waals surface area contributed by atoms with E-state index in [1.807, 2.05) is 37.2 Å². The highest BCUT2D eigenvalue weighted by Crippen LogP contribution is 2.37. The minimum atomic E-state index is -0.864.